The number of benzene rings is 2. The van der Waals surface area contributed by atoms with Crippen molar-refractivity contribution in [3.63, 3.8) is 0 Å². The average molecular weight is 493 g/mol. The second kappa shape index (κ2) is 11.5. The van der Waals surface area contributed by atoms with Crippen molar-refractivity contribution in [2.24, 2.45) is 5.92 Å². The van der Waals surface area contributed by atoms with Gasteiger partial charge >= 0.3 is 5.97 Å². The number of methoxy groups -OCH3 is 2. The predicted molar refractivity (Wildman–Crippen MR) is 140 cm³/mol. The van der Waals surface area contributed by atoms with Gasteiger partial charge < -0.3 is 23.7 Å². The van der Waals surface area contributed by atoms with Gasteiger partial charge in [-0.05, 0) is 56.0 Å². The van der Waals surface area contributed by atoms with E-state index >= 15 is 0 Å². The van der Waals surface area contributed by atoms with Crippen LogP contribution in [0.1, 0.15) is 50.2 Å². The molecule has 192 valence electrons. The van der Waals surface area contributed by atoms with Gasteiger partial charge in [-0.15, -0.1) is 0 Å². The zero-order valence-electron chi connectivity index (χ0n) is 21.7. The molecule has 0 unspecified atom stereocenters. The fourth-order valence-electron chi connectivity index (χ4n) is 5.21. The molecule has 1 aromatic heterocycles. The Morgan fingerprint density at radius 2 is 1.78 bits per heavy atom. The summed E-state index contributed by atoms with van der Waals surface area (Å²) in [5.41, 5.74) is 3.19. The van der Waals surface area contributed by atoms with Crippen molar-refractivity contribution >= 4 is 22.8 Å². The monoisotopic (exact) mass is 492 g/mol. The first kappa shape index (κ1) is 25.6. The molecule has 2 atom stereocenters. The topological polar surface area (TPSA) is 70.0 Å². The maximum absolute atomic E-state index is 13.7. The summed E-state index contributed by atoms with van der Waals surface area (Å²) in [6.45, 7) is 6.17. The van der Waals surface area contributed by atoms with Crippen molar-refractivity contribution in [2.45, 2.75) is 45.6 Å². The first-order valence-corrected chi connectivity index (χ1v) is 12.7. The third-order valence-electron chi connectivity index (χ3n) is 7.08. The summed E-state index contributed by atoms with van der Waals surface area (Å²) in [6.07, 6.45) is 3.99. The molecule has 3 aromatic rings. The van der Waals surface area contributed by atoms with Crippen molar-refractivity contribution in [2.75, 3.05) is 33.9 Å². The number of likely N-dealkylation sites (tertiary alicyclic amines) is 1. The van der Waals surface area contributed by atoms with E-state index < -0.39 is 0 Å². The molecule has 1 amide bonds. The summed E-state index contributed by atoms with van der Waals surface area (Å²) >= 11 is 0. The minimum atomic E-state index is -0.264. The molecule has 1 saturated heterocycles. The van der Waals surface area contributed by atoms with Crippen LogP contribution in [-0.2, 0) is 20.9 Å². The van der Waals surface area contributed by atoms with Gasteiger partial charge in [0.2, 0.25) is 5.91 Å². The number of esters is 1. The number of nitrogens with zero attached hydrogens (tertiary/aromatic N) is 2. The van der Waals surface area contributed by atoms with E-state index in [9.17, 15) is 9.59 Å². The molecule has 0 spiro atoms. The van der Waals surface area contributed by atoms with Crippen LogP contribution in [0, 0.1) is 5.92 Å². The molecule has 2 heterocycles. The fourth-order valence-corrected chi connectivity index (χ4v) is 5.21. The third kappa shape index (κ3) is 5.35. The fraction of sp³-hybridized carbons (Fsp3) is 0.448. The summed E-state index contributed by atoms with van der Waals surface area (Å²) < 4.78 is 18.6. The molecule has 0 radical (unpaired) electrons. The van der Waals surface area contributed by atoms with E-state index in [1.807, 2.05) is 42.2 Å². The van der Waals surface area contributed by atoms with Gasteiger partial charge in [0.25, 0.3) is 0 Å². The number of carbonyl (C=O) groups is 2. The molecule has 0 bridgehead atoms. The minimum Gasteiger partial charge on any atom is -0.497 e. The van der Waals surface area contributed by atoms with Crippen molar-refractivity contribution in [1.29, 1.82) is 0 Å². The Hall–Kier alpha value is -3.48. The van der Waals surface area contributed by atoms with Gasteiger partial charge in [0.05, 0.1) is 26.7 Å². The van der Waals surface area contributed by atoms with Crippen LogP contribution in [0.25, 0.3) is 10.9 Å². The zero-order valence-corrected chi connectivity index (χ0v) is 21.7. The number of rotatable bonds is 9. The SMILES string of the molecule is CCOC(=O)[C@H]1CCCN(C(=O)C[C@H](c2cc(OC)cc(OC)c2)c2cn(CC)c3ccccc23)C1. The Morgan fingerprint density at radius 3 is 2.44 bits per heavy atom. The van der Waals surface area contributed by atoms with Crippen molar-refractivity contribution in [1.82, 2.24) is 9.47 Å². The number of amides is 1. The first-order valence-electron chi connectivity index (χ1n) is 12.7. The minimum absolute atomic E-state index is 0.0316. The summed E-state index contributed by atoms with van der Waals surface area (Å²) in [7, 11) is 3.26. The lowest BCUT2D eigenvalue weighted by atomic mass is 9.87. The largest absolute Gasteiger partial charge is 0.497 e. The highest BCUT2D eigenvalue weighted by atomic mass is 16.5. The van der Waals surface area contributed by atoms with E-state index in [0.29, 0.717) is 31.2 Å². The third-order valence-corrected chi connectivity index (χ3v) is 7.08. The number of carbonyl (C=O) groups excluding carboxylic acids is 2. The number of aryl methyl sites for hydroxylation is 1. The Labute approximate surface area is 212 Å². The molecule has 7 nitrogen and oxygen atoms in total. The van der Waals surface area contributed by atoms with Gasteiger partial charge in [0.1, 0.15) is 11.5 Å². The van der Waals surface area contributed by atoms with Crippen LogP contribution < -0.4 is 9.47 Å². The van der Waals surface area contributed by atoms with E-state index in [2.05, 4.69) is 29.8 Å². The molecule has 1 aliphatic rings. The van der Waals surface area contributed by atoms with Gasteiger partial charge in [-0.2, -0.15) is 0 Å². The molecule has 0 N–H and O–H groups in total. The number of hydrogen-bond acceptors (Lipinski definition) is 5. The van der Waals surface area contributed by atoms with Crippen LogP contribution in [-0.4, -0.2) is 55.3 Å². The smallest absolute Gasteiger partial charge is 0.310 e. The van der Waals surface area contributed by atoms with E-state index in [1.54, 1.807) is 14.2 Å². The number of hydrogen-bond donors (Lipinski definition) is 0. The number of fused-ring (bicyclic) bond motifs is 1. The van der Waals surface area contributed by atoms with Gasteiger partial charge in [-0.3, -0.25) is 9.59 Å². The Balaban J connectivity index is 1.72. The van der Waals surface area contributed by atoms with Crippen molar-refractivity contribution < 1.29 is 23.8 Å². The van der Waals surface area contributed by atoms with E-state index in [0.717, 1.165) is 41.4 Å². The molecule has 7 heteroatoms. The zero-order chi connectivity index (χ0) is 25.7. The summed E-state index contributed by atoms with van der Waals surface area (Å²) in [5, 5.41) is 1.13. The van der Waals surface area contributed by atoms with E-state index in [4.69, 9.17) is 14.2 Å². The Kier molecular flexibility index (Phi) is 8.18. The highest BCUT2D eigenvalue weighted by Crippen LogP contribution is 2.38. The second-order valence-electron chi connectivity index (χ2n) is 9.22. The molecule has 2 aromatic carbocycles. The molecule has 1 fully saturated rings. The quantitative estimate of drug-likeness (QED) is 0.393. The first-order chi connectivity index (χ1) is 17.5. The summed E-state index contributed by atoms with van der Waals surface area (Å²) in [4.78, 5) is 27.9. The normalized spacial score (nSPS) is 16.6. The van der Waals surface area contributed by atoms with Crippen LogP contribution >= 0.6 is 0 Å². The standard InChI is InChI=1S/C29H36N2O5/c1-5-30-19-26(24-11-7-8-12-27(24)30)25(21-14-22(34-3)16-23(15-21)35-4)17-28(32)31-13-9-10-20(18-31)29(33)36-6-2/h7-8,11-12,14-16,19-20,25H,5-6,9-10,13,17-18H2,1-4H3/t20-,25+/m0/s1. The van der Waals surface area contributed by atoms with Gasteiger partial charge in [0.15, 0.2) is 0 Å². The molecule has 1 aliphatic heterocycles. The maximum atomic E-state index is 13.7. The molecular weight excluding hydrogens is 456 g/mol. The number of piperidine rings is 1. The lowest BCUT2D eigenvalue weighted by Crippen LogP contribution is -2.43. The Morgan fingerprint density at radius 1 is 1.06 bits per heavy atom. The number of aromatic nitrogens is 1. The van der Waals surface area contributed by atoms with Gasteiger partial charge in [-0.1, -0.05) is 18.2 Å². The molecule has 36 heavy (non-hydrogen) atoms. The van der Waals surface area contributed by atoms with Crippen LogP contribution in [0.15, 0.2) is 48.7 Å². The maximum Gasteiger partial charge on any atom is 0.310 e. The molecule has 0 aliphatic carbocycles. The molecular formula is C29H36N2O5. The van der Waals surface area contributed by atoms with Crippen LogP contribution in [0.2, 0.25) is 0 Å². The van der Waals surface area contributed by atoms with Crippen molar-refractivity contribution in [3.05, 3.63) is 59.8 Å². The number of para-hydroxylation sites is 1. The second-order valence-corrected chi connectivity index (χ2v) is 9.22. The van der Waals surface area contributed by atoms with Crippen LogP contribution in [0.5, 0.6) is 11.5 Å². The summed E-state index contributed by atoms with van der Waals surface area (Å²) in [6, 6.07) is 14.1. The van der Waals surface area contributed by atoms with Gasteiger partial charge in [0, 0.05) is 55.1 Å². The lowest BCUT2D eigenvalue weighted by molar-refractivity contribution is -0.151. The average Bonchev–Trinajstić information content (AvgIpc) is 3.30. The highest BCUT2D eigenvalue weighted by Gasteiger charge is 2.32. The molecule has 4 rings (SSSR count). The van der Waals surface area contributed by atoms with Crippen LogP contribution in [0.4, 0.5) is 0 Å². The highest BCUT2D eigenvalue weighted by molar-refractivity contribution is 5.87. The Bertz CT molecular complexity index is 1200. The lowest BCUT2D eigenvalue weighted by Gasteiger charge is -2.32. The van der Waals surface area contributed by atoms with E-state index in [-0.39, 0.29) is 30.1 Å². The van der Waals surface area contributed by atoms with Crippen LogP contribution in [0.3, 0.4) is 0 Å². The van der Waals surface area contributed by atoms with Crippen molar-refractivity contribution in [3.8, 4) is 11.5 Å². The molecule has 0 saturated carbocycles. The number of ether oxygens (including phenoxy) is 3. The predicted octanol–water partition coefficient (Wildman–Crippen LogP) is 5.00. The van der Waals surface area contributed by atoms with E-state index in [1.165, 1.54) is 0 Å². The summed E-state index contributed by atoms with van der Waals surface area (Å²) in [5.74, 6) is 0.712. The van der Waals surface area contributed by atoms with Gasteiger partial charge in [-0.25, -0.2) is 0 Å².